The van der Waals surface area contributed by atoms with Crippen molar-refractivity contribution < 1.29 is 9.90 Å². The molecule has 0 aliphatic heterocycles. The Labute approximate surface area is 78.3 Å². The molecule has 0 aromatic carbocycles. The predicted octanol–water partition coefficient (Wildman–Crippen LogP) is 0.264. The van der Waals surface area contributed by atoms with Crippen molar-refractivity contribution in [3.63, 3.8) is 0 Å². The number of aliphatic hydroxyl groups excluding tert-OH is 1. The van der Waals surface area contributed by atoms with Crippen LogP contribution in [0.5, 0.6) is 0 Å². The van der Waals surface area contributed by atoms with Crippen molar-refractivity contribution in [1.29, 1.82) is 0 Å². The normalized spacial score (nSPS) is 19.8. The molecule has 0 spiro atoms. The molecule has 1 fully saturated rings. The second-order valence-electron chi connectivity index (χ2n) is 3.67. The van der Waals surface area contributed by atoms with Crippen molar-refractivity contribution in [3.05, 3.63) is 0 Å². The number of hydrogen-bond acceptors (Lipinski definition) is 2. The van der Waals surface area contributed by atoms with E-state index in [1.54, 1.807) is 11.8 Å². The molecular formula is C9H16N2O2. The van der Waals surface area contributed by atoms with E-state index in [-0.39, 0.29) is 5.92 Å². The van der Waals surface area contributed by atoms with Gasteiger partial charge in [-0.3, -0.25) is 4.79 Å². The van der Waals surface area contributed by atoms with Crippen molar-refractivity contribution in [3.8, 4) is 0 Å². The van der Waals surface area contributed by atoms with Gasteiger partial charge in [-0.1, -0.05) is 0 Å². The summed E-state index contributed by atoms with van der Waals surface area (Å²) < 4.78 is 0. The van der Waals surface area contributed by atoms with Crippen molar-refractivity contribution >= 4 is 11.7 Å². The summed E-state index contributed by atoms with van der Waals surface area (Å²) >= 11 is 0. The summed E-state index contributed by atoms with van der Waals surface area (Å²) in [6.07, 6.45) is 1.02. The molecule has 1 saturated carbocycles. The van der Waals surface area contributed by atoms with Crippen LogP contribution in [0.4, 0.5) is 0 Å². The first-order valence-corrected chi connectivity index (χ1v) is 4.47. The van der Waals surface area contributed by atoms with Crippen molar-refractivity contribution in [2.24, 2.45) is 10.9 Å². The average Bonchev–Trinajstić information content (AvgIpc) is 2.85. The number of amidine groups is 1. The maximum Gasteiger partial charge on any atom is 0.276 e. The van der Waals surface area contributed by atoms with E-state index in [0.717, 1.165) is 12.8 Å². The Balaban J connectivity index is 2.51. The lowest BCUT2D eigenvalue weighted by molar-refractivity contribution is -0.126. The minimum Gasteiger partial charge on any atom is -0.383 e. The molecule has 1 rings (SSSR count). The van der Waals surface area contributed by atoms with Gasteiger partial charge in [0.1, 0.15) is 11.9 Å². The number of carbonyl (C=O) groups is 1. The Hall–Kier alpha value is -0.900. The summed E-state index contributed by atoms with van der Waals surface area (Å²) in [5, 5.41) is 9.41. The lowest BCUT2D eigenvalue weighted by atomic mass is 10.2. The summed E-state index contributed by atoms with van der Waals surface area (Å²) in [6, 6.07) is 0. The lowest BCUT2D eigenvalue weighted by Crippen LogP contribution is -2.25. The molecule has 1 N–H and O–H groups in total. The van der Waals surface area contributed by atoms with Crippen LogP contribution in [0.3, 0.4) is 0 Å². The number of nitrogens with zero attached hydrogens (tertiary/aromatic N) is 2. The molecule has 0 radical (unpaired) electrons. The second-order valence-corrected chi connectivity index (χ2v) is 3.67. The van der Waals surface area contributed by atoms with Crippen molar-refractivity contribution in [2.45, 2.75) is 25.9 Å². The van der Waals surface area contributed by atoms with Crippen molar-refractivity contribution in [2.75, 3.05) is 14.1 Å². The van der Waals surface area contributed by atoms with Crippen LogP contribution in [0.2, 0.25) is 0 Å². The quantitative estimate of drug-likeness (QED) is 0.495. The molecule has 0 aromatic rings. The van der Waals surface area contributed by atoms with E-state index in [4.69, 9.17) is 0 Å². The van der Waals surface area contributed by atoms with Gasteiger partial charge in [-0.25, -0.2) is 0 Å². The highest BCUT2D eigenvalue weighted by atomic mass is 16.3. The molecule has 1 atom stereocenters. The predicted molar refractivity (Wildman–Crippen MR) is 50.5 cm³/mol. The summed E-state index contributed by atoms with van der Waals surface area (Å²) in [7, 11) is 3.63. The Bertz CT molecular complexity index is 232. The first-order chi connectivity index (χ1) is 6.02. The number of rotatable bonds is 2. The second kappa shape index (κ2) is 3.87. The zero-order valence-electron chi connectivity index (χ0n) is 8.32. The zero-order chi connectivity index (χ0) is 10.0. The molecule has 4 heteroatoms. The van der Waals surface area contributed by atoms with Crippen LogP contribution in [-0.4, -0.2) is 41.9 Å². The van der Waals surface area contributed by atoms with E-state index in [9.17, 15) is 9.90 Å². The van der Waals surface area contributed by atoms with Crippen LogP contribution in [0.1, 0.15) is 19.8 Å². The number of carbonyl (C=O) groups excluding carboxylic acids is 1. The van der Waals surface area contributed by atoms with Gasteiger partial charge in [0, 0.05) is 14.1 Å². The SMILES string of the molecule is C/C(=N\C(=O)C(O)C1CC1)N(C)C. The highest BCUT2D eigenvalue weighted by Gasteiger charge is 2.34. The molecule has 4 nitrogen and oxygen atoms in total. The van der Waals surface area contributed by atoms with Crippen LogP contribution in [-0.2, 0) is 4.79 Å². The van der Waals surface area contributed by atoms with Gasteiger partial charge < -0.3 is 10.0 Å². The zero-order valence-corrected chi connectivity index (χ0v) is 8.32. The van der Waals surface area contributed by atoms with Gasteiger partial charge in [0.15, 0.2) is 0 Å². The molecule has 1 aliphatic rings. The van der Waals surface area contributed by atoms with Gasteiger partial charge in [-0.2, -0.15) is 4.99 Å². The molecule has 0 aromatic heterocycles. The first-order valence-electron chi connectivity index (χ1n) is 4.47. The Morgan fingerprint density at radius 1 is 1.54 bits per heavy atom. The smallest absolute Gasteiger partial charge is 0.276 e. The number of hydrogen-bond donors (Lipinski definition) is 1. The fourth-order valence-electron chi connectivity index (χ4n) is 0.939. The number of aliphatic hydroxyl groups is 1. The van der Waals surface area contributed by atoms with Crippen LogP contribution >= 0.6 is 0 Å². The summed E-state index contributed by atoms with van der Waals surface area (Å²) in [5.41, 5.74) is 0. The highest BCUT2D eigenvalue weighted by Crippen LogP contribution is 2.32. The first kappa shape index (κ1) is 10.2. The molecule has 1 unspecified atom stereocenters. The molecule has 1 amide bonds. The third kappa shape index (κ3) is 2.81. The summed E-state index contributed by atoms with van der Waals surface area (Å²) in [5.74, 6) is 0.379. The van der Waals surface area contributed by atoms with Crippen molar-refractivity contribution in [1.82, 2.24) is 4.90 Å². The van der Waals surface area contributed by atoms with E-state index in [0.29, 0.717) is 5.84 Å². The fraction of sp³-hybridized carbons (Fsp3) is 0.778. The molecular weight excluding hydrogens is 168 g/mol. The third-order valence-electron chi connectivity index (χ3n) is 2.24. The van der Waals surface area contributed by atoms with Gasteiger partial charge in [0.25, 0.3) is 5.91 Å². The molecule has 0 saturated heterocycles. The Morgan fingerprint density at radius 2 is 2.08 bits per heavy atom. The van der Waals surface area contributed by atoms with Gasteiger partial charge >= 0.3 is 0 Å². The summed E-state index contributed by atoms with van der Waals surface area (Å²) in [6.45, 7) is 1.75. The van der Waals surface area contributed by atoms with Gasteiger partial charge in [0.2, 0.25) is 0 Å². The average molecular weight is 184 g/mol. The molecule has 1 aliphatic carbocycles. The van der Waals surface area contributed by atoms with Gasteiger partial charge in [-0.05, 0) is 25.7 Å². The molecule has 0 bridgehead atoms. The maximum atomic E-state index is 11.3. The fourth-order valence-corrected chi connectivity index (χ4v) is 0.939. The third-order valence-corrected chi connectivity index (χ3v) is 2.24. The summed E-state index contributed by atoms with van der Waals surface area (Å²) in [4.78, 5) is 16.8. The molecule has 13 heavy (non-hydrogen) atoms. The lowest BCUT2D eigenvalue weighted by Gasteiger charge is -2.11. The van der Waals surface area contributed by atoms with Gasteiger partial charge in [-0.15, -0.1) is 0 Å². The van der Waals surface area contributed by atoms with E-state index in [1.165, 1.54) is 0 Å². The van der Waals surface area contributed by atoms with E-state index in [1.807, 2.05) is 14.1 Å². The van der Waals surface area contributed by atoms with Gasteiger partial charge in [0.05, 0.1) is 0 Å². The highest BCUT2D eigenvalue weighted by molar-refractivity contribution is 5.95. The van der Waals surface area contributed by atoms with Crippen LogP contribution in [0, 0.1) is 5.92 Å². The Morgan fingerprint density at radius 3 is 2.46 bits per heavy atom. The van der Waals surface area contributed by atoms with Crippen LogP contribution in [0.15, 0.2) is 4.99 Å². The molecule has 0 heterocycles. The largest absolute Gasteiger partial charge is 0.383 e. The van der Waals surface area contributed by atoms with Crippen LogP contribution < -0.4 is 0 Å². The number of amides is 1. The van der Waals surface area contributed by atoms with Crippen LogP contribution in [0.25, 0.3) is 0 Å². The minimum atomic E-state index is -0.880. The molecule has 74 valence electrons. The number of aliphatic imine (C=N–C) groups is 1. The topological polar surface area (TPSA) is 52.9 Å². The standard InChI is InChI=1S/C9H16N2O2/c1-6(11(2)3)10-9(13)8(12)7-4-5-7/h7-8,12H,4-5H2,1-3H3/b10-6+. The van der Waals surface area contributed by atoms with E-state index < -0.39 is 12.0 Å². The van der Waals surface area contributed by atoms with E-state index in [2.05, 4.69) is 4.99 Å². The minimum absolute atomic E-state index is 0.159. The Kier molecular flexibility index (Phi) is 3.03. The monoisotopic (exact) mass is 184 g/mol. The van der Waals surface area contributed by atoms with E-state index >= 15 is 0 Å². The maximum absolute atomic E-state index is 11.3.